The third-order valence-corrected chi connectivity index (χ3v) is 3.94. The fourth-order valence-corrected chi connectivity index (χ4v) is 2.15. The fraction of sp³-hybridized carbons (Fsp3) is 0.462. The molecule has 0 saturated carbocycles. The van der Waals surface area contributed by atoms with E-state index in [0.717, 1.165) is 4.90 Å². The number of urea groups is 1. The van der Waals surface area contributed by atoms with Crippen LogP contribution in [0.3, 0.4) is 0 Å². The number of benzene rings is 1. The van der Waals surface area contributed by atoms with Crippen molar-refractivity contribution in [1.82, 2.24) is 5.32 Å². The summed E-state index contributed by atoms with van der Waals surface area (Å²) >= 11 is 7.46. The number of anilines is 1. The molecule has 0 heterocycles. The molecule has 2 atom stereocenters. The summed E-state index contributed by atoms with van der Waals surface area (Å²) in [7, 11) is 0. The van der Waals surface area contributed by atoms with Crippen molar-refractivity contribution < 1.29 is 9.90 Å². The monoisotopic (exact) mass is 302 g/mol. The fourth-order valence-electron chi connectivity index (χ4n) is 1.44. The summed E-state index contributed by atoms with van der Waals surface area (Å²) in [5.41, 5.74) is 0.682. The van der Waals surface area contributed by atoms with Crippen LogP contribution in [0.15, 0.2) is 23.1 Å². The third-order valence-electron chi connectivity index (χ3n) is 2.91. The van der Waals surface area contributed by atoms with Crippen LogP contribution in [0.2, 0.25) is 5.02 Å². The van der Waals surface area contributed by atoms with E-state index in [4.69, 9.17) is 16.7 Å². The van der Waals surface area contributed by atoms with E-state index >= 15 is 0 Å². The molecule has 0 bridgehead atoms. The number of rotatable bonds is 5. The van der Waals surface area contributed by atoms with Gasteiger partial charge in [-0.15, -0.1) is 11.8 Å². The lowest BCUT2D eigenvalue weighted by atomic mass is 10.1. The van der Waals surface area contributed by atoms with Gasteiger partial charge in [-0.2, -0.15) is 0 Å². The lowest BCUT2D eigenvalue weighted by Crippen LogP contribution is -2.40. The van der Waals surface area contributed by atoms with Crippen LogP contribution in [0.25, 0.3) is 0 Å². The van der Waals surface area contributed by atoms with Crippen molar-refractivity contribution in [3.63, 3.8) is 0 Å². The van der Waals surface area contributed by atoms with Gasteiger partial charge in [0, 0.05) is 22.6 Å². The zero-order valence-corrected chi connectivity index (χ0v) is 12.8. The highest BCUT2D eigenvalue weighted by molar-refractivity contribution is 7.98. The van der Waals surface area contributed by atoms with E-state index in [0.29, 0.717) is 10.7 Å². The molecule has 19 heavy (non-hydrogen) atoms. The summed E-state index contributed by atoms with van der Waals surface area (Å²) in [6, 6.07) is 4.95. The van der Waals surface area contributed by atoms with Gasteiger partial charge in [-0.3, -0.25) is 0 Å². The van der Waals surface area contributed by atoms with E-state index in [1.165, 1.54) is 11.8 Å². The summed E-state index contributed by atoms with van der Waals surface area (Å²) in [4.78, 5) is 12.8. The first-order valence-corrected chi connectivity index (χ1v) is 7.60. The minimum atomic E-state index is -0.301. The summed E-state index contributed by atoms with van der Waals surface area (Å²) in [6.45, 7) is 3.76. The molecule has 0 saturated heterocycles. The maximum Gasteiger partial charge on any atom is 0.319 e. The van der Waals surface area contributed by atoms with Gasteiger partial charge >= 0.3 is 6.03 Å². The number of amides is 2. The summed E-state index contributed by atoms with van der Waals surface area (Å²) < 4.78 is 0. The number of hydrogen-bond acceptors (Lipinski definition) is 3. The van der Waals surface area contributed by atoms with Crippen molar-refractivity contribution in [3.8, 4) is 0 Å². The van der Waals surface area contributed by atoms with Gasteiger partial charge in [0.1, 0.15) is 0 Å². The molecule has 3 N–H and O–H groups in total. The van der Waals surface area contributed by atoms with Crippen LogP contribution in [0, 0.1) is 5.92 Å². The largest absolute Gasteiger partial charge is 0.396 e. The second-order valence-electron chi connectivity index (χ2n) is 4.39. The highest BCUT2D eigenvalue weighted by Gasteiger charge is 2.14. The molecule has 0 spiro atoms. The van der Waals surface area contributed by atoms with Gasteiger partial charge in [-0.1, -0.05) is 18.5 Å². The molecule has 0 aliphatic carbocycles. The SMILES string of the molecule is CSc1ccc(Cl)cc1NC(=O)NC(C)C(C)CO. The lowest BCUT2D eigenvalue weighted by molar-refractivity contribution is 0.204. The number of halogens is 1. The van der Waals surface area contributed by atoms with Crippen molar-refractivity contribution in [3.05, 3.63) is 23.2 Å². The second kappa shape index (κ2) is 7.62. The first kappa shape index (κ1) is 16.1. The topological polar surface area (TPSA) is 61.4 Å². The van der Waals surface area contributed by atoms with Gasteiger partial charge in [-0.25, -0.2) is 4.79 Å². The molecule has 1 aromatic carbocycles. The number of aliphatic hydroxyl groups is 1. The molecule has 0 aliphatic rings. The van der Waals surface area contributed by atoms with Crippen LogP contribution < -0.4 is 10.6 Å². The number of thioether (sulfide) groups is 1. The Morgan fingerprint density at radius 1 is 1.47 bits per heavy atom. The van der Waals surface area contributed by atoms with Gasteiger partial charge in [0.05, 0.1) is 5.69 Å². The number of carbonyl (C=O) groups is 1. The minimum Gasteiger partial charge on any atom is -0.396 e. The molecule has 0 aliphatic heterocycles. The van der Waals surface area contributed by atoms with Crippen molar-refractivity contribution >= 4 is 35.1 Å². The molecule has 0 radical (unpaired) electrons. The van der Waals surface area contributed by atoms with Crippen LogP contribution in [-0.2, 0) is 0 Å². The average Bonchev–Trinajstić information content (AvgIpc) is 2.37. The van der Waals surface area contributed by atoms with Gasteiger partial charge in [0.2, 0.25) is 0 Å². The summed E-state index contributed by atoms with van der Waals surface area (Å²) in [5, 5.41) is 15.2. The first-order chi connectivity index (χ1) is 8.97. The maximum atomic E-state index is 11.9. The second-order valence-corrected chi connectivity index (χ2v) is 5.68. The Labute approximate surface area is 122 Å². The van der Waals surface area contributed by atoms with Crippen molar-refractivity contribution in [2.75, 3.05) is 18.2 Å². The van der Waals surface area contributed by atoms with Crippen LogP contribution in [0.5, 0.6) is 0 Å². The number of hydrogen-bond donors (Lipinski definition) is 3. The van der Waals surface area contributed by atoms with E-state index in [1.807, 2.05) is 26.2 Å². The molecule has 4 nitrogen and oxygen atoms in total. The van der Waals surface area contributed by atoms with Crippen molar-refractivity contribution in [1.29, 1.82) is 0 Å². The molecule has 1 aromatic rings. The molecule has 0 aromatic heterocycles. The Morgan fingerprint density at radius 2 is 2.16 bits per heavy atom. The number of carbonyl (C=O) groups excluding carboxylic acids is 1. The van der Waals surface area contributed by atoms with Crippen LogP contribution in [-0.4, -0.2) is 30.0 Å². The van der Waals surface area contributed by atoms with Crippen molar-refractivity contribution in [2.45, 2.75) is 24.8 Å². The van der Waals surface area contributed by atoms with Crippen LogP contribution in [0.1, 0.15) is 13.8 Å². The third kappa shape index (κ3) is 4.93. The molecular formula is C13H19ClN2O2S. The Morgan fingerprint density at radius 3 is 2.74 bits per heavy atom. The predicted molar refractivity (Wildman–Crippen MR) is 81.1 cm³/mol. The van der Waals surface area contributed by atoms with Crippen LogP contribution >= 0.6 is 23.4 Å². The molecule has 2 unspecified atom stereocenters. The highest BCUT2D eigenvalue weighted by atomic mass is 35.5. The average molecular weight is 303 g/mol. The van der Waals surface area contributed by atoms with Gasteiger partial charge in [-0.05, 0) is 37.3 Å². The number of aliphatic hydroxyl groups excluding tert-OH is 1. The Bertz CT molecular complexity index is 443. The molecule has 6 heteroatoms. The van der Waals surface area contributed by atoms with Crippen molar-refractivity contribution in [2.24, 2.45) is 5.92 Å². The normalized spacial score (nSPS) is 13.7. The molecule has 0 fully saturated rings. The lowest BCUT2D eigenvalue weighted by Gasteiger charge is -2.20. The Kier molecular flexibility index (Phi) is 6.48. The zero-order valence-electron chi connectivity index (χ0n) is 11.2. The Hall–Kier alpha value is -0.910. The summed E-state index contributed by atoms with van der Waals surface area (Å²) in [5.74, 6) is 0.00475. The Balaban J connectivity index is 2.69. The maximum absolute atomic E-state index is 11.9. The predicted octanol–water partition coefficient (Wildman–Crippen LogP) is 3.20. The standard InChI is InChI=1S/C13H19ClN2O2S/c1-8(7-17)9(2)15-13(18)16-11-6-10(14)4-5-12(11)19-3/h4-6,8-9,17H,7H2,1-3H3,(H2,15,16,18). The first-order valence-electron chi connectivity index (χ1n) is 5.99. The quantitative estimate of drug-likeness (QED) is 0.732. The van der Waals surface area contributed by atoms with E-state index in [9.17, 15) is 4.79 Å². The van der Waals surface area contributed by atoms with Gasteiger partial charge in [0.15, 0.2) is 0 Å². The van der Waals surface area contributed by atoms with E-state index in [-0.39, 0.29) is 24.6 Å². The molecular weight excluding hydrogens is 284 g/mol. The van der Waals surface area contributed by atoms with Crippen LogP contribution in [0.4, 0.5) is 10.5 Å². The smallest absolute Gasteiger partial charge is 0.319 e. The zero-order chi connectivity index (χ0) is 14.4. The minimum absolute atomic E-state index is 0.00475. The molecule has 2 amide bonds. The number of nitrogens with one attached hydrogen (secondary N) is 2. The van der Waals surface area contributed by atoms with E-state index in [2.05, 4.69) is 10.6 Å². The molecule has 106 valence electrons. The highest BCUT2D eigenvalue weighted by Crippen LogP contribution is 2.28. The summed E-state index contributed by atoms with van der Waals surface area (Å²) in [6.07, 6.45) is 1.93. The van der Waals surface area contributed by atoms with E-state index in [1.54, 1.807) is 12.1 Å². The van der Waals surface area contributed by atoms with Gasteiger partial charge < -0.3 is 15.7 Å². The molecule has 1 rings (SSSR count). The van der Waals surface area contributed by atoms with Gasteiger partial charge in [0.25, 0.3) is 0 Å². The van der Waals surface area contributed by atoms with E-state index < -0.39 is 0 Å².